The van der Waals surface area contributed by atoms with Crippen LogP contribution in [0.4, 0.5) is 0 Å². The summed E-state index contributed by atoms with van der Waals surface area (Å²) in [5.74, 6) is 2.72. The molecule has 2 unspecified atom stereocenters. The van der Waals surface area contributed by atoms with Crippen molar-refractivity contribution < 1.29 is 4.79 Å². The summed E-state index contributed by atoms with van der Waals surface area (Å²) in [6, 6.07) is 0.576. The van der Waals surface area contributed by atoms with E-state index in [-0.39, 0.29) is 6.04 Å². The van der Waals surface area contributed by atoms with Crippen molar-refractivity contribution >= 4 is 17.7 Å². The number of carbonyl (C=O) groups is 1. The van der Waals surface area contributed by atoms with Crippen molar-refractivity contribution in [3.8, 4) is 0 Å². The van der Waals surface area contributed by atoms with E-state index in [0.717, 1.165) is 18.8 Å². The highest BCUT2D eigenvalue weighted by atomic mass is 32.2. The predicted octanol–water partition coefficient (Wildman–Crippen LogP) is 1.05. The van der Waals surface area contributed by atoms with E-state index in [1.807, 2.05) is 16.7 Å². The van der Waals surface area contributed by atoms with Crippen LogP contribution in [0.25, 0.3) is 0 Å². The molecule has 2 heterocycles. The van der Waals surface area contributed by atoms with E-state index in [2.05, 4.69) is 12.2 Å². The summed E-state index contributed by atoms with van der Waals surface area (Å²) in [5, 5.41) is 3.27. The second kappa shape index (κ2) is 4.53. The lowest BCUT2D eigenvalue weighted by atomic mass is 10.1. The molecule has 0 aliphatic carbocycles. The molecule has 14 heavy (non-hydrogen) atoms. The van der Waals surface area contributed by atoms with Crippen LogP contribution >= 0.6 is 11.8 Å². The lowest BCUT2D eigenvalue weighted by Crippen LogP contribution is -2.41. The van der Waals surface area contributed by atoms with Crippen LogP contribution in [-0.4, -0.2) is 41.1 Å². The van der Waals surface area contributed by atoms with E-state index in [1.165, 1.54) is 18.6 Å². The van der Waals surface area contributed by atoms with Crippen LogP contribution in [-0.2, 0) is 4.79 Å². The SMILES string of the molecule is CCC1NCN(C2CCCSC2)C1=O. The molecule has 2 aliphatic heterocycles. The number of nitrogens with zero attached hydrogens (tertiary/aromatic N) is 1. The van der Waals surface area contributed by atoms with Crippen LogP contribution in [0.15, 0.2) is 0 Å². The molecule has 0 bridgehead atoms. The smallest absolute Gasteiger partial charge is 0.241 e. The Hall–Kier alpha value is -0.220. The number of thioether (sulfide) groups is 1. The van der Waals surface area contributed by atoms with Gasteiger partial charge in [-0.15, -0.1) is 0 Å². The van der Waals surface area contributed by atoms with Crippen molar-refractivity contribution in [3.05, 3.63) is 0 Å². The van der Waals surface area contributed by atoms with Gasteiger partial charge in [0.2, 0.25) is 5.91 Å². The first kappa shape index (κ1) is 10.3. The Morgan fingerprint density at radius 3 is 3.07 bits per heavy atom. The molecule has 2 atom stereocenters. The summed E-state index contributed by atoms with van der Waals surface area (Å²) in [5.41, 5.74) is 0. The van der Waals surface area contributed by atoms with E-state index < -0.39 is 0 Å². The topological polar surface area (TPSA) is 32.3 Å². The van der Waals surface area contributed by atoms with Crippen LogP contribution in [0.1, 0.15) is 26.2 Å². The van der Waals surface area contributed by atoms with Crippen molar-refractivity contribution in [1.82, 2.24) is 10.2 Å². The molecular formula is C10H18N2OS. The quantitative estimate of drug-likeness (QED) is 0.746. The van der Waals surface area contributed by atoms with Crippen LogP contribution in [0.5, 0.6) is 0 Å². The van der Waals surface area contributed by atoms with Crippen molar-refractivity contribution in [2.75, 3.05) is 18.2 Å². The monoisotopic (exact) mass is 214 g/mol. The van der Waals surface area contributed by atoms with Crippen LogP contribution in [0.2, 0.25) is 0 Å². The highest BCUT2D eigenvalue weighted by Crippen LogP contribution is 2.23. The summed E-state index contributed by atoms with van der Waals surface area (Å²) < 4.78 is 0. The predicted molar refractivity (Wildman–Crippen MR) is 59.3 cm³/mol. The van der Waals surface area contributed by atoms with E-state index in [9.17, 15) is 4.79 Å². The maximum absolute atomic E-state index is 11.9. The zero-order valence-corrected chi connectivity index (χ0v) is 9.48. The third kappa shape index (κ3) is 1.91. The average Bonchev–Trinajstić information content (AvgIpc) is 2.61. The van der Waals surface area contributed by atoms with Crippen molar-refractivity contribution in [2.24, 2.45) is 0 Å². The normalized spacial score (nSPS) is 33.8. The molecule has 4 heteroatoms. The minimum Gasteiger partial charge on any atom is -0.325 e. The third-order valence-electron chi connectivity index (χ3n) is 3.07. The van der Waals surface area contributed by atoms with Gasteiger partial charge in [0, 0.05) is 11.8 Å². The first-order chi connectivity index (χ1) is 6.83. The van der Waals surface area contributed by atoms with Gasteiger partial charge < -0.3 is 4.90 Å². The second-order valence-electron chi connectivity index (χ2n) is 4.00. The molecular weight excluding hydrogens is 196 g/mol. The van der Waals surface area contributed by atoms with Gasteiger partial charge in [0.25, 0.3) is 0 Å². The van der Waals surface area contributed by atoms with Gasteiger partial charge in [-0.3, -0.25) is 10.1 Å². The average molecular weight is 214 g/mol. The van der Waals surface area contributed by atoms with Gasteiger partial charge >= 0.3 is 0 Å². The lowest BCUT2D eigenvalue weighted by Gasteiger charge is -2.30. The van der Waals surface area contributed by atoms with E-state index in [1.54, 1.807) is 0 Å². The summed E-state index contributed by atoms with van der Waals surface area (Å²) in [6.45, 7) is 2.83. The van der Waals surface area contributed by atoms with Gasteiger partial charge in [-0.2, -0.15) is 11.8 Å². The number of nitrogens with one attached hydrogen (secondary N) is 1. The number of carbonyl (C=O) groups excluding carboxylic acids is 1. The highest BCUT2D eigenvalue weighted by molar-refractivity contribution is 7.99. The zero-order chi connectivity index (χ0) is 9.97. The van der Waals surface area contributed by atoms with Gasteiger partial charge in [-0.05, 0) is 25.0 Å². The van der Waals surface area contributed by atoms with Crippen LogP contribution in [0, 0.1) is 0 Å². The summed E-state index contributed by atoms with van der Waals surface area (Å²) in [4.78, 5) is 13.9. The summed E-state index contributed by atoms with van der Waals surface area (Å²) in [7, 11) is 0. The number of rotatable bonds is 2. The van der Waals surface area contributed by atoms with Gasteiger partial charge in [0.05, 0.1) is 12.7 Å². The maximum Gasteiger partial charge on any atom is 0.241 e. The third-order valence-corrected chi connectivity index (χ3v) is 4.27. The highest BCUT2D eigenvalue weighted by Gasteiger charge is 2.34. The Morgan fingerprint density at radius 2 is 2.50 bits per heavy atom. The lowest BCUT2D eigenvalue weighted by molar-refractivity contribution is -0.130. The number of hydrogen-bond donors (Lipinski definition) is 1. The Kier molecular flexibility index (Phi) is 3.34. The van der Waals surface area contributed by atoms with Crippen molar-refractivity contribution in [2.45, 2.75) is 38.3 Å². The van der Waals surface area contributed by atoms with Crippen LogP contribution in [0.3, 0.4) is 0 Å². The maximum atomic E-state index is 11.9. The molecule has 0 saturated carbocycles. The van der Waals surface area contributed by atoms with E-state index >= 15 is 0 Å². The first-order valence-corrected chi connectivity index (χ1v) is 6.60. The Labute approximate surface area is 89.6 Å². The molecule has 2 saturated heterocycles. The van der Waals surface area contributed by atoms with Gasteiger partial charge in [0.1, 0.15) is 0 Å². The molecule has 0 aromatic carbocycles. The summed E-state index contributed by atoms with van der Waals surface area (Å²) >= 11 is 1.98. The second-order valence-corrected chi connectivity index (χ2v) is 5.15. The fourth-order valence-corrected chi connectivity index (χ4v) is 3.33. The van der Waals surface area contributed by atoms with Gasteiger partial charge in [-0.25, -0.2) is 0 Å². The van der Waals surface area contributed by atoms with Gasteiger partial charge in [-0.1, -0.05) is 6.92 Å². The standard InChI is InChI=1S/C10H18N2OS/c1-2-9-10(13)12(7-11-9)8-4-3-5-14-6-8/h8-9,11H,2-7H2,1H3. The minimum atomic E-state index is 0.0851. The minimum absolute atomic E-state index is 0.0851. The number of amides is 1. The summed E-state index contributed by atoms with van der Waals surface area (Å²) in [6.07, 6.45) is 3.36. The number of hydrogen-bond acceptors (Lipinski definition) is 3. The van der Waals surface area contributed by atoms with E-state index in [4.69, 9.17) is 0 Å². The van der Waals surface area contributed by atoms with Crippen molar-refractivity contribution in [3.63, 3.8) is 0 Å². The molecule has 2 aliphatic rings. The van der Waals surface area contributed by atoms with Gasteiger partial charge in [0.15, 0.2) is 0 Å². The molecule has 3 nitrogen and oxygen atoms in total. The fourth-order valence-electron chi connectivity index (χ4n) is 2.17. The van der Waals surface area contributed by atoms with Crippen molar-refractivity contribution in [1.29, 1.82) is 0 Å². The fraction of sp³-hybridized carbons (Fsp3) is 0.900. The molecule has 0 radical (unpaired) electrons. The largest absolute Gasteiger partial charge is 0.325 e. The molecule has 2 fully saturated rings. The zero-order valence-electron chi connectivity index (χ0n) is 8.66. The Morgan fingerprint density at radius 1 is 1.64 bits per heavy atom. The molecule has 0 spiro atoms. The molecule has 1 N–H and O–H groups in total. The van der Waals surface area contributed by atoms with Crippen LogP contribution < -0.4 is 5.32 Å². The first-order valence-electron chi connectivity index (χ1n) is 5.44. The molecule has 2 rings (SSSR count). The molecule has 0 aromatic rings. The van der Waals surface area contributed by atoms with E-state index in [0.29, 0.717) is 11.9 Å². The molecule has 1 amide bonds. The molecule has 0 aromatic heterocycles. The molecule has 80 valence electrons. The Balaban J connectivity index is 1.94. The Bertz CT molecular complexity index is 216.